The van der Waals surface area contributed by atoms with E-state index in [1.54, 1.807) is 0 Å². The van der Waals surface area contributed by atoms with Gasteiger partial charge in [-0.15, -0.1) is 0 Å². The zero-order chi connectivity index (χ0) is 43.1. The summed E-state index contributed by atoms with van der Waals surface area (Å²) >= 11 is 0. The minimum atomic E-state index is -0.310. The highest BCUT2D eigenvalue weighted by molar-refractivity contribution is 5.69. The summed E-state index contributed by atoms with van der Waals surface area (Å²) in [5.41, 5.74) is 0. The van der Waals surface area contributed by atoms with Gasteiger partial charge in [0.1, 0.15) is 12.7 Å². The maximum absolute atomic E-state index is 12.8. The molecule has 0 aliphatic carbocycles. The fraction of sp³-hybridized carbons (Fsp3) is 0.885. The van der Waals surface area contributed by atoms with E-state index in [2.05, 4.69) is 60.2 Å². The molecule has 0 aromatic heterocycles. The minimum absolute atomic E-state index is 0.0295. The van der Waals surface area contributed by atoms with E-state index in [-0.39, 0.29) is 18.2 Å². The average Bonchev–Trinajstić information content (AvgIpc) is 3.21. The molecule has 0 aromatic rings. The number of amides is 1. The third-order valence-electron chi connectivity index (χ3n) is 11.6. The summed E-state index contributed by atoms with van der Waals surface area (Å²) in [5.74, 6) is 0.0295. The number of rotatable bonds is 46. The number of esters is 1. The predicted octanol–water partition coefficient (Wildman–Crippen LogP) is 14.9. The smallest absolute Gasteiger partial charge is 0.407 e. The van der Waals surface area contributed by atoms with Gasteiger partial charge in [0, 0.05) is 26.1 Å². The first kappa shape index (κ1) is 57.1. The molecule has 0 rings (SSSR count). The molecule has 7 heteroatoms. The summed E-state index contributed by atoms with van der Waals surface area (Å²) in [6.45, 7) is 11.6. The molecule has 0 saturated carbocycles. The van der Waals surface area contributed by atoms with E-state index in [9.17, 15) is 9.59 Å². The zero-order valence-electron chi connectivity index (χ0n) is 40.2. The van der Waals surface area contributed by atoms with Crippen molar-refractivity contribution in [1.82, 2.24) is 15.1 Å². The van der Waals surface area contributed by atoms with Crippen molar-refractivity contribution in [3.05, 3.63) is 24.3 Å². The number of alkyl carbamates (subject to hydrolysis) is 1. The number of nitrogens with one attached hydrogen (secondary N) is 1. The first-order chi connectivity index (χ1) is 28.9. The first-order valence-corrected chi connectivity index (χ1v) is 25.7. The summed E-state index contributed by atoms with van der Waals surface area (Å²) < 4.78 is 11.6. The maximum Gasteiger partial charge on any atom is 0.407 e. The highest BCUT2D eigenvalue weighted by Gasteiger charge is 2.14. The summed E-state index contributed by atoms with van der Waals surface area (Å²) in [6.07, 6.45) is 50.6. The maximum atomic E-state index is 12.8. The summed E-state index contributed by atoms with van der Waals surface area (Å²) in [7, 11) is 4.00. The van der Waals surface area contributed by atoms with E-state index < -0.39 is 0 Å². The molecule has 0 atom stereocenters. The molecule has 0 aliphatic rings. The third kappa shape index (κ3) is 45.5. The van der Waals surface area contributed by atoms with Crippen LogP contribution in [-0.4, -0.2) is 81.4 Å². The van der Waals surface area contributed by atoms with Crippen LogP contribution >= 0.6 is 0 Å². The van der Waals surface area contributed by atoms with E-state index in [4.69, 9.17) is 9.47 Å². The highest BCUT2D eigenvalue weighted by atomic mass is 16.5. The Labute approximate surface area is 368 Å². The van der Waals surface area contributed by atoms with Crippen molar-refractivity contribution in [2.24, 2.45) is 0 Å². The van der Waals surface area contributed by atoms with Crippen molar-refractivity contribution in [3.8, 4) is 0 Å². The van der Waals surface area contributed by atoms with Crippen molar-refractivity contribution in [1.29, 1.82) is 0 Å². The molecule has 0 aliphatic heterocycles. The van der Waals surface area contributed by atoms with Gasteiger partial charge in [-0.05, 0) is 104 Å². The normalized spacial score (nSPS) is 11.9. The lowest BCUT2D eigenvalue weighted by Gasteiger charge is -2.22. The second-order valence-corrected chi connectivity index (χ2v) is 17.7. The Bertz CT molecular complexity index is 923. The molecule has 0 aromatic carbocycles. The van der Waals surface area contributed by atoms with Crippen molar-refractivity contribution in [2.45, 2.75) is 245 Å². The highest BCUT2D eigenvalue weighted by Crippen LogP contribution is 2.19. The van der Waals surface area contributed by atoms with E-state index in [1.165, 1.54) is 180 Å². The van der Waals surface area contributed by atoms with Gasteiger partial charge < -0.3 is 19.7 Å². The number of hydrogen-bond donors (Lipinski definition) is 1. The Kier molecular flexibility index (Phi) is 45.7. The fourth-order valence-corrected chi connectivity index (χ4v) is 7.66. The molecule has 0 spiro atoms. The topological polar surface area (TPSA) is 71.1 Å². The van der Waals surface area contributed by atoms with Gasteiger partial charge in [0.15, 0.2) is 0 Å². The number of carbonyl (C=O) groups is 2. The van der Waals surface area contributed by atoms with Crippen molar-refractivity contribution < 1.29 is 19.1 Å². The molecule has 0 saturated heterocycles. The standard InChI is InChI=1S/C52H101N3O4/c1-6-9-12-15-18-19-20-21-22-23-24-25-26-29-34-39-45-55(48-49-58-52(57)53-44-47-54(4)5)46-40-35-30-27-28-33-38-43-51(56)59-50(41-36-31-16-13-10-7-2)42-37-32-17-14-11-8-3/h18-19,21-22,50H,6-17,20,23-49H2,1-5H3,(H,53,57)/b19-18-,22-21-. The van der Waals surface area contributed by atoms with E-state index in [1.807, 2.05) is 14.1 Å². The number of nitrogens with zero attached hydrogens (tertiary/aromatic N) is 2. The van der Waals surface area contributed by atoms with Gasteiger partial charge in [-0.2, -0.15) is 0 Å². The summed E-state index contributed by atoms with van der Waals surface area (Å²) in [4.78, 5) is 29.5. The number of ether oxygens (including phenoxy) is 2. The second-order valence-electron chi connectivity index (χ2n) is 17.7. The molecule has 1 N–H and O–H groups in total. The van der Waals surface area contributed by atoms with Gasteiger partial charge in [-0.25, -0.2) is 4.79 Å². The zero-order valence-corrected chi connectivity index (χ0v) is 40.2. The Balaban J connectivity index is 4.35. The van der Waals surface area contributed by atoms with Crippen LogP contribution in [0, 0.1) is 0 Å². The molecule has 0 heterocycles. The average molecular weight is 832 g/mol. The van der Waals surface area contributed by atoms with E-state index in [0.29, 0.717) is 19.6 Å². The largest absolute Gasteiger partial charge is 0.462 e. The van der Waals surface area contributed by atoms with Gasteiger partial charge in [-0.3, -0.25) is 9.69 Å². The van der Waals surface area contributed by atoms with Crippen LogP contribution < -0.4 is 5.32 Å². The molecule has 1 amide bonds. The third-order valence-corrected chi connectivity index (χ3v) is 11.6. The van der Waals surface area contributed by atoms with Gasteiger partial charge >= 0.3 is 12.1 Å². The number of allylic oxidation sites excluding steroid dienone is 4. The molecule has 348 valence electrons. The van der Waals surface area contributed by atoms with Crippen LogP contribution in [-0.2, 0) is 14.3 Å². The molecule has 59 heavy (non-hydrogen) atoms. The Morgan fingerprint density at radius 3 is 1.47 bits per heavy atom. The molecule has 0 fully saturated rings. The van der Waals surface area contributed by atoms with E-state index in [0.717, 1.165) is 58.3 Å². The Morgan fingerprint density at radius 1 is 0.508 bits per heavy atom. The Hall–Kier alpha value is -1.86. The number of unbranched alkanes of at least 4 members (excludes halogenated alkanes) is 25. The number of carbonyl (C=O) groups excluding carboxylic acids is 2. The fourth-order valence-electron chi connectivity index (χ4n) is 7.66. The second kappa shape index (κ2) is 47.2. The van der Waals surface area contributed by atoms with Crippen molar-refractivity contribution in [3.63, 3.8) is 0 Å². The quantitative estimate of drug-likeness (QED) is 0.0374. The SMILES string of the molecule is CCCCC/C=C\C/C=C\CCCCCCCCN(CCCCCCCCCC(=O)OC(CCCCCCCC)CCCCCCCC)CCOC(=O)NCCN(C)C. The number of likely N-dealkylation sites (N-methyl/N-ethyl adjacent to an activating group) is 1. The molecule has 0 unspecified atom stereocenters. The molecule has 0 bridgehead atoms. The lowest BCUT2D eigenvalue weighted by Crippen LogP contribution is -2.35. The van der Waals surface area contributed by atoms with Gasteiger partial charge in [0.05, 0.1) is 0 Å². The lowest BCUT2D eigenvalue weighted by atomic mass is 10.0. The van der Waals surface area contributed by atoms with E-state index >= 15 is 0 Å². The summed E-state index contributed by atoms with van der Waals surface area (Å²) in [6, 6.07) is 0. The molecule has 0 radical (unpaired) electrons. The van der Waals surface area contributed by atoms with Gasteiger partial charge in [-0.1, -0.05) is 180 Å². The van der Waals surface area contributed by atoms with Crippen molar-refractivity contribution in [2.75, 3.05) is 53.4 Å². The predicted molar refractivity (Wildman–Crippen MR) is 257 cm³/mol. The van der Waals surface area contributed by atoms with Crippen LogP contribution in [0.5, 0.6) is 0 Å². The molecular weight excluding hydrogens is 731 g/mol. The monoisotopic (exact) mass is 832 g/mol. The van der Waals surface area contributed by atoms with Crippen LogP contribution in [0.1, 0.15) is 239 Å². The summed E-state index contributed by atoms with van der Waals surface area (Å²) in [5, 5.41) is 2.86. The molecule has 7 nitrogen and oxygen atoms in total. The number of hydrogen-bond acceptors (Lipinski definition) is 6. The van der Waals surface area contributed by atoms with Crippen molar-refractivity contribution >= 4 is 12.1 Å². The molecular formula is C52H101N3O4. The van der Waals surface area contributed by atoms with Gasteiger partial charge in [0.25, 0.3) is 0 Å². The first-order valence-electron chi connectivity index (χ1n) is 25.7. The van der Waals surface area contributed by atoms with Crippen LogP contribution in [0.15, 0.2) is 24.3 Å². The van der Waals surface area contributed by atoms with Crippen LogP contribution in [0.2, 0.25) is 0 Å². The minimum Gasteiger partial charge on any atom is -0.462 e. The van der Waals surface area contributed by atoms with Crippen LogP contribution in [0.4, 0.5) is 4.79 Å². The lowest BCUT2D eigenvalue weighted by molar-refractivity contribution is -0.150. The Morgan fingerprint density at radius 2 is 0.949 bits per heavy atom. The van der Waals surface area contributed by atoms with Crippen LogP contribution in [0.25, 0.3) is 0 Å². The van der Waals surface area contributed by atoms with Crippen LogP contribution in [0.3, 0.4) is 0 Å². The van der Waals surface area contributed by atoms with Gasteiger partial charge in [0.2, 0.25) is 0 Å².